The number of rotatable bonds is 6. The van der Waals surface area contributed by atoms with Gasteiger partial charge >= 0.3 is 7.60 Å². The maximum absolute atomic E-state index is 14.2. The van der Waals surface area contributed by atoms with E-state index in [2.05, 4.69) is 5.32 Å². The second-order valence-electron chi connectivity index (χ2n) is 11.7. The largest absolute Gasteiger partial charge is 0.363 e. The van der Waals surface area contributed by atoms with E-state index in [0.29, 0.717) is 54.4 Å². The zero-order valence-corrected chi connectivity index (χ0v) is 25.1. The van der Waals surface area contributed by atoms with E-state index in [1.54, 1.807) is 22.2 Å². The minimum absolute atomic E-state index is 0.0436. The van der Waals surface area contributed by atoms with E-state index >= 15 is 0 Å². The van der Waals surface area contributed by atoms with Crippen LogP contribution in [0.2, 0.25) is 0 Å². The molecule has 6 rings (SSSR count). The monoisotopic (exact) mass is 630 g/mol. The maximum Gasteiger partial charge on any atom is 0.363 e. The van der Waals surface area contributed by atoms with Crippen LogP contribution in [0.1, 0.15) is 64.7 Å². The number of thiophene rings is 1. The summed E-state index contributed by atoms with van der Waals surface area (Å²) in [5.74, 6) is -3.41. The van der Waals surface area contributed by atoms with E-state index in [1.807, 2.05) is 11.6 Å². The van der Waals surface area contributed by atoms with Gasteiger partial charge in [-0.25, -0.2) is 4.39 Å². The Labute approximate surface area is 250 Å². The van der Waals surface area contributed by atoms with E-state index in [0.717, 1.165) is 17.8 Å². The quantitative estimate of drug-likeness (QED) is 0.355. The predicted molar refractivity (Wildman–Crippen MR) is 157 cm³/mol. The van der Waals surface area contributed by atoms with Crippen LogP contribution in [0.5, 0.6) is 0 Å². The van der Waals surface area contributed by atoms with Gasteiger partial charge in [-0.1, -0.05) is 6.07 Å². The van der Waals surface area contributed by atoms with Gasteiger partial charge in [0.05, 0.1) is 4.88 Å². The third-order valence-electron chi connectivity index (χ3n) is 8.73. The van der Waals surface area contributed by atoms with Crippen LogP contribution in [0.4, 0.5) is 4.39 Å². The highest BCUT2D eigenvalue weighted by atomic mass is 32.1. The topological polar surface area (TPSA) is 149 Å². The zero-order chi connectivity index (χ0) is 30.6. The fourth-order valence-corrected chi connectivity index (χ4v) is 7.96. The highest BCUT2D eigenvalue weighted by Gasteiger charge is 2.47. The summed E-state index contributed by atoms with van der Waals surface area (Å²) >= 11 is 1.13. The number of likely N-dealkylation sites (tertiary alicyclic amines) is 1. The van der Waals surface area contributed by atoms with Crippen molar-refractivity contribution < 1.29 is 33.1 Å². The highest BCUT2D eigenvalue weighted by molar-refractivity contribution is 7.51. The van der Waals surface area contributed by atoms with E-state index in [4.69, 9.17) is 0 Å². The molecule has 14 heteroatoms. The van der Waals surface area contributed by atoms with Crippen LogP contribution >= 0.6 is 18.9 Å². The third kappa shape index (κ3) is 5.66. The number of nitrogens with one attached hydrogen (secondary N) is 1. The van der Waals surface area contributed by atoms with Crippen molar-refractivity contribution in [3.63, 3.8) is 0 Å². The Morgan fingerprint density at radius 3 is 2.60 bits per heavy atom. The molecule has 3 amide bonds. The lowest BCUT2D eigenvalue weighted by Crippen LogP contribution is -2.59. The van der Waals surface area contributed by atoms with Crippen molar-refractivity contribution >= 4 is 46.7 Å². The fraction of sp³-hybridized carbons (Fsp3) is 0.448. The molecular formula is C29H32FN4O7PS. The zero-order valence-electron chi connectivity index (χ0n) is 23.4. The Hall–Kier alpha value is -3.38. The first kappa shape index (κ1) is 29.7. The average Bonchev–Trinajstić information content (AvgIpc) is 3.52. The Morgan fingerprint density at radius 1 is 1.09 bits per heavy atom. The van der Waals surface area contributed by atoms with E-state index in [9.17, 15) is 37.9 Å². The average molecular weight is 631 g/mol. The molecule has 4 atom stereocenters. The van der Waals surface area contributed by atoms with Crippen molar-refractivity contribution in [2.75, 3.05) is 13.1 Å². The summed E-state index contributed by atoms with van der Waals surface area (Å²) in [6, 6.07) is 5.63. The number of hydrogen-bond acceptors (Lipinski definition) is 6. The number of nitrogens with zero attached hydrogens (tertiary/aromatic N) is 3. The lowest BCUT2D eigenvalue weighted by molar-refractivity contribution is -0.148. The lowest BCUT2D eigenvalue weighted by atomic mass is 9.91. The Morgan fingerprint density at radius 2 is 1.86 bits per heavy atom. The molecule has 11 nitrogen and oxygen atoms in total. The van der Waals surface area contributed by atoms with Crippen LogP contribution in [0.15, 0.2) is 47.5 Å². The number of alkyl halides is 1. The van der Waals surface area contributed by atoms with E-state index in [1.165, 1.54) is 30.3 Å². The highest BCUT2D eigenvalue weighted by Crippen LogP contribution is 2.53. The molecule has 3 aromatic rings. The molecule has 1 aromatic carbocycles. The Balaban J connectivity index is 1.14. The van der Waals surface area contributed by atoms with Crippen molar-refractivity contribution in [1.82, 2.24) is 19.7 Å². The molecule has 1 unspecified atom stereocenters. The number of fused-ring (bicyclic) bond motifs is 2. The van der Waals surface area contributed by atoms with Gasteiger partial charge in [-0.15, -0.1) is 11.3 Å². The number of aryl methyl sites for hydroxylation is 1. The van der Waals surface area contributed by atoms with Crippen LogP contribution in [0, 0.1) is 0 Å². The molecule has 3 aliphatic heterocycles. The molecule has 0 bridgehead atoms. The van der Waals surface area contributed by atoms with Crippen LogP contribution in [0.25, 0.3) is 10.1 Å². The van der Waals surface area contributed by atoms with Crippen LogP contribution < -0.4 is 10.7 Å². The van der Waals surface area contributed by atoms with Gasteiger partial charge in [0, 0.05) is 60.8 Å². The first-order valence-electron chi connectivity index (χ1n) is 14.2. The number of hydrogen-bond donors (Lipinski definition) is 3. The van der Waals surface area contributed by atoms with Crippen LogP contribution in [-0.4, -0.2) is 73.1 Å². The molecular weight excluding hydrogens is 598 g/mol. The van der Waals surface area contributed by atoms with E-state index in [-0.39, 0.29) is 39.6 Å². The molecule has 0 spiro atoms. The van der Waals surface area contributed by atoms with Gasteiger partial charge in [-0.2, -0.15) is 0 Å². The molecule has 43 heavy (non-hydrogen) atoms. The molecule has 0 saturated carbocycles. The first-order chi connectivity index (χ1) is 20.4. The number of amides is 3. The van der Waals surface area contributed by atoms with Gasteiger partial charge in [0.2, 0.25) is 17.7 Å². The summed E-state index contributed by atoms with van der Waals surface area (Å²) in [4.78, 5) is 74.9. The van der Waals surface area contributed by atoms with Crippen LogP contribution in [-0.2, 0) is 21.2 Å². The molecule has 3 fully saturated rings. The number of carbonyl (C=O) groups is 3. The SMILES string of the molecule is Cn1ccc(=O)c(C2CN(C(=O)[C@@H]3CC[C@@H]4CCC[C@H](NC(=O)c5cc6cc(C(F)P(=O)(O)O)ccc6s5)C(=O)N43)C2)c1. The van der Waals surface area contributed by atoms with Crippen LogP contribution in [0.3, 0.4) is 0 Å². The van der Waals surface area contributed by atoms with Gasteiger partial charge in [0.25, 0.3) is 5.91 Å². The minimum Gasteiger partial charge on any atom is -0.357 e. The predicted octanol–water partition coefficient (Wildman–Crippen LogP) is 3.01. The van der Waals surface area contributed by atoms with Crippen molar-refractivity contribution in [2.45, 2.75) is 62.1 Å². The molecule has 5 heterocycles. The standard InChI is InChI=1S/C29H32FN4O7PS/c1-32-10-9-23(35)20(15-32)18-13-33(14-18)29(38)22-7-6-19-3-2-4-21(28(37)34(19)22)31-27(36)25-12-17-11-16(5-8-24(17)43-25)26(30)42(39,40)41/h5,8-12,15,18-19,21-22,26H,2-4,6-7,13-14H2,1H3,(H,31,36)(H2,39,40,41)/t19-,21-,22-,26?/m0/s1. The van der Waals surface area contributed by atoms with Crippen molar-refractivity contribution in [3.05, 3.63) is 69.0 Å². The number of carbonyl (C=O) groups excluding carboxylic acids is 3. The van der Waals surface area contributed by atoms with Crippen molar-refractivity contribution in [1.29, 1.82) is 0 Å². The third-order valence-corrected chi connectivity index (χ3v) is 10.7. The molecule has 3 saturated heterocycles. The molecule has 2 aromatic heterocycles. The van der Waals surface area contributed by atoms with Crippen molar-refractivity contribution in [2.24, 2.45) is 7.05 Å². The van der Waals surface area contributed by atoms with Gasteiger partial charge in [0.15, 0.2) is 5.43 Å². The summed E-state index contributed by atoms with van der Waals surface area (Å²) in [7, 11) is -3.13. The first-order valence-corrected chi connectivity index (χ1v) is 16.7. The second kappa shape index (κ2) is 11.3. The molecule has 3 N–H and O–H groups in total. The number of benzene rings is 1. The Kier molecular flexibility index (Phi) is 7.78. The van der Waals surface area contributed by atoms with Crippen molar-refractivity contribution in [3.8, 4) is 0 Å². The summed E-state index contributed by atoms with van der Waals surface area (Å²) in [6.07, 6.45) is 6.62. The summed E-state index contributed by atoms with van der Waals surface area (Å²) in [6.45, 7) is 0.846. The number of halogens is 1. The molecule has 3 aliphatic rings. The lowest BCUT2D eigenvalue weighted by Gasteiger charge is -2.42. The smallest absolute Gasteiger partial charge is 0.357 e. The summed E-state index contributed by atoms with van der Waals surface area (Å²) < 4.78 is 28.0. The summed E-state index contributed by atoms with van der Waals surface area (Å²) in [5, 5.41) is 3.30. The number of pyridine rings is 1. The maximum atomic E-state index is 14.2. The Bertz CT molecular complexity index is 1710. The van der Waals surface area contributed by atoms with Gasteiger partial charge < -0.3 is 29.5 Å². The fourth-order valence-electron chi connectivity index (χ4n) is 6.46. The van der Waals surface area contributed by atoms with E-state index < -0.39 is 31.5 Å². The number of aromatic nitrogens is 1. The molecule has 228 valence electrons. The van der Waals surface area contributed by atoms with Gasteiger partial charge in [-0.05, 0) is 61.3 Å². The van der Waals surface area contributed by atoms with Gasteiger partial charge in [0.1, 0.15) is 12.1 Å². The normalized spacial score (nSPS) is 23.5. The minimum atomic E-state index is -4.98. The molecule has 0 aliphatic carbocycles. The molecule has 0 radical (unpaired) electrons. The summed E-state index contributed by atoms with van der Waals surface area (Å²) in [5.41, 5.74) is 0.444. The van der Waals surface area contributed by atoms with Gasteiger partial charge in [-0.3, -0.25) is 23.7 Å². The second-order valence-corrected chi connectivity index (χ2v) is 14.4.